The van der Waals surface area contributed by atoms with E-state index in [9.17, 15) is 23.5 Å². The van der Waals surface area contributed by atoms with E-state index >= 15 is 0 Å². The second-order valence-corrected chi connectivity index (χ2v) is 22.2. The zero-order valence-corrected chi connectivity index (χ0v) is 42.6. The first-order valence-electron chi connectivity index (χ1n) is 19.9. The number of aromatic nitrogens is 8. The summed E-state index contributed by atoms with van der Waals surface area (Å²) < 4.78 is 54.3. The van der Waals surface area contributed by atoms with Crippen LogP contribution in [0.2, 0.25) is 0 Å². The summed E-state index contributed by atoms with van der Waals surface area (Å²) in [6.07, 6.45) is 4.84. The van der Waals surface area contributed by atoms with Crippen molar-refractivity contribution < 1.29 is 47.2 Å². The van der Waals surface area contributed by atoms with Gasteiger partial charge in [-0.1, -0.05) is 0 Å². The maximum Gasteiger partial charge on any atom is 0.307 e. The highest BCUT2D eigenvalue weighted by Crippen LogP contribution is 2.56. The third kappa shape index (κ3) is 24.8. The first-order valence-corrected chi connectivity index (χ1v) is 25.5. The molecule has 65 heavy (non-hydrogen) atoms. The number of anilines is 2. The summed E-state index contributed by atoms with van der Waals surface area (Å²) in [5.41, 5.74) is 18.8. The lowest BCUT2D eigenvalue weighted by Crippen LogP contribution is -2.31. The van der Waals surface area contributed by atoms with Crippen LogP contribution in [0, 0.1) is 0 Å². The smallest absolute Gasteiger partial charge is 0.307 e. The molecule has 0 aliphatic carbocycles. The quantitative estimate of drug-likeness (QED) is 0.0353. The molecule has 29 heteroatoms. The van der Waals surface area contributed by atoms with E-state index in [1.807, 2.05) is 20.8 Å². The molecule has 2 atom stereocenters. The fourth-order valence-electron chi connectivity index (χ4n) is 5.08. The van der Waals surface area contributed by atoms with E-state index in [0.29, 0.717) is 54.2 Å². The van der Waals surface area contributed by atoms with Crippen molar-refractivity contribution in [1.29, 1.82) is 0 Å². The number of carbonyl (C=O) groups excluding carboxylic acids is 3. The van der Waals surface area contributed by atoms with Crippen LogP contribution in [0.4, 0.5) is 11.6 Å². The van der Waals surface area contributed by atoms with Crippen LogP contribution in [0.25, 0.3) is 22.3 Å². The van der Waals surface area contributed by atoms with Gasteiger partial charge in [-0.3, -0.25) is 33.7 Å². The Hall–Kier alpha value is -3.47. The maximum absolute atomic E-state index is 13.5. The maximum atomic E-state index is 13.5. The van der Waals surface area contributed by atoms with E-state index in [0.717, 1.165) is 0 Å². The molecule has 0 amide bonds. The average Bonchev–Trinajstić information content (AvgIpc) is 3.78. The first-order chi connectivity index (χ1) is 29.5. The number of esters is 3. The third-order valence-electron chi connectivity index (χ3n) is 7.66. The molecule has 0 bridgehead atoms. The van der Waals surface area contributed by atoms with Gasteiger partial charge in [-0.15, -0.1) is 24.8 Å². The number of imidazole rings is 2. The van der Waals surface area contributed by atoms with E-state index in [1.54, 1.807) is 56.4 Å². The summed E-state index contributed by atoms with van der Waals surface area (Å²) in [6, 6.07) is 0. The molecule has 0 aliphatic heterocycles. The Morgan fingerprint density at radius 2 is 1.00 bits per heavy atom. The molecule has 4 aromatic rings. The summed E-state index contributed by atoms with van der Waals surface area (Å²) in [5.74, 6) is -3.62. The highest BCUT2D eigenvalue weighted by atomic mass is 35.9. The van der Waals surface area contributed by atoms with Crippen molar-refractivity contribution in [2.75, 3.05) is 43.8 Å². The predicted molar refractivity (Wildman–Crippen MR) is 254 cm³/mol. The van der Waals surface area contributed by atoms with Gasteiger partial charge in [0.25, 0.3) is 5.85 Å². The van der Waals surface area contributed by atoms with Gasteiger partial charge in [-0.25, -0.2) is 29.9 Å². The van der Waals surface area contributed by atoms with Crippen LogP contribution >= 0.6 is 60.6 Å². The second kappa shape index (κ2) is 30.7. The number of halogens is 4. The van der Waals surface area contributed by atoms with E-state index in [1.165, 1.54) is 12.7 Å². The van der Waals surface area contributed by atoms with Crippen molar-refractivity contribution in [2.24, 2.45) is 5.73 Å². The number of carbonyl (C=O) groups is 3. The Labute approximate surface area is 400 Å². The summed E-state index contributed by atoms with van der Waals surface area (Å²) in [6.45, 7) is 15.7. The Bertz CT molecular complexity index is 2120. The average molecular weight is 1040 g/mol. The van der Waals surface area contributed by atoms with Crippen LogP contribution < -0.4 is 27.4 Å². The minimum Gasteiger partial charge on any atom is -0.463 e. The lowest BCUT2D eigenvalue weighted by atomic mass is 10.4. The molecular weight excluding hydrogens is 978 g/mol. The Morgan fingerprint density at radius 1 is 0.631 bits per heavy atom. The minimum atomic E-state index is -3.31. The molecule has 0 radical (unpaired) electrons. The fourth-order valence-corrected chi connectivity index (χ4v) is 7.55. The van der Waals surface area contributed by atoms with Gasteiger partial charge in [0, 0.05) is 19.6 Å². The largest absolute Gasteiger partial charge is 0.463 e. The number of nitrogen functional groups attached to an aromatic ring is 2. The van der Waals surface area contributed by atoms with Gasteiger partial charge in [-0.2, -0.15) is 0 Å². The molecule has 4 rings (SSSR count). The van der Waals surface area contributed by atoms with Crippen molar-refractivity contribution >= 4 is 112 Å². The number of rotatable bonds is 23. The Balaban J connectivity index is 0.00000114. The van der Waals surface area contributed by atoms with E-state index in [-0.39, 0.29) is 106 Å². The van der Waals surface area contributed by atoms with Crippen molar-refractivity contribution in [3.63, 3.8) is 0 Å². The third-order valence-corrected chi connectivity index (χ3v) is 10.7. The SMILES string of the molecule is CC(C)OC(=O)CCN.CC(C)OC(=O)CCNP(=O)(CO[C@H](C)Cn1cnc2c(N)ncnc21)NCCC(=O)OC(C)C.C[C@H](Cn1cnc2c(N)ncnc21)OCP(=O)(Cl)Cl.Cl.Cl. The molecule has 23 nitrogen and oxygen atoms in total. The number of nitrogens with one attached hydrogen (secondary N) is 2. The molecule has 0 aromatic carbocycles. The van der Waals surface area contributed by atoms with Gasteiger partial charge in [0.05, 0.1) is 75.5 Å². The van der Waals surface area contributed by atoms with Gasteiger partial charge in [-0.05, 0) is 77.9 Å². The van der Waals surface area contributed by atoms with Gasteiger partial charge < -0.3 is 50.0 Å². The second-order valence-electron chi connectivity index (χ2n) is 14.6. The number of nitrogens with zero attached hydrogens (tertiary/aromatic N) is 8. The molecule has 0 fully saturated rings. The zero-order valence-electron chi connectivity index (χ0n) is 37.6. The van der Waals surface area contributed by atoms with Crippen LogP contribution in [0.5, 0.6) is 0 Å². The highest BCUT2D eigenvalue weighted by Gasteiger charge is 2.25. The molecule has 0 spiro atoms. The van der Waals surface area contributed by atoms with E-state index in [4.69, 9.17) is 63.4 Å². The van der Waals surface area contributed by atoms with Crippen molar-refractivity contribution in [3.05, 3.63) is 25.3 Å². The molecular formula is C36H63Cl4N13O10P2. The molecule has 0 saturated carbocycles. The molecule has 370 valence electrons. The van der Waals surface area contributed by atoms with Gasteiger partial charge in [0.15, 0.2) is 22.9 Å². The van der Waals surface area contributed by atoms with Crippen LogP contribution in [0.3, 0.4) is 0 Å². The Morgan fingerprint density at radius 3 is 1.35 bits per heavy atom. The van der Waals surface area contributed by atoms with E-state index in [2.05, 4.69) is 40.1 Å². The molecule has 0 saturated heterocycles. The summed E-state index contributed by atoms with van der Waals surface area (Å²) in [5, 5.41) is 5.75. The minimum absolute atomic E-state index is 0. The van der Waals surface area contributed by atoms with Crippen LogP contribution in [-0.4, -0.2) is 120 Å². The number of fused-ring (bicyclic) bond motifs is 2. The normalized spacial score (nSPS) is 12.3. The lowest BCUT2D eigenvalue weighted by Gasteiger charge is -2.23. The van der Waals surface area contributed by atoms with Crippen molar-refractivity contribution in [1.82, 2.24) is 49.2 Å². The van der Waals surface area contributed by atoms with Crippen molar-refractivity contribution in [2.45, 2.75) is 118 Å². The summed E-state index contributed by atoms with van der Waals surface area (Å²) in [4.78, 5) is 58.7. The topological polar surface area (TPSA) is 321 Å². The lowest BCUT2D eigenvalue weighted by molar-refractivity contribution is -0.148. The number of hydrogen-bond acceptors (Lipinski definition) is 19. The number of nitrogens with two attached hydrogens (primary N) is 3. The van der Waals surface area contributed by atoms with Gasteiger partial charge in [0.2, 0.25) is 7.44 Å². The molecule has 8 N–H and O–H groups in total. The molecule has 0 aliphatic rings. The standard InChI is InChI=1S/C21H36N7O6P.C9H12Cl2N5O2P.C6H13NO2.2ClH/c1-14(2)33-17(29)6-8-26-35(31,27-9-7-18(30)34-15(3)4)13-32-16(5)10-28-12-25-19-20(22)23-11-24-21(19)28;1-6(18-5-19(10,11)17)2-16-4-15-7-8(12)13-3-14-9(7)16;1-5(2)9-6(8)3-4-7;;/h11-12,14-16H,6-10,13H2,1-5H3,(H2,22,23,24)(H2,26,27,31);3-4,6H,2,5H2,1H3,(H2,12,13,14);5H,3-4,7H2,1-2H3;2*1H/t16-;6-;;;/m11.../s1. The number of ether oxygens (including phenoxy) is 5. The summed E-state index contributed by atoms with van der Waals surface area (Å²) in [7, 11) is -3.31. The van der Waals surface area contributed by atoms with E-state index < -0.39 is 25.2 Å². The van der Waals surface area contributed by atoms with Crippen LogP contribution in [0.1, 0.15) is 74.7 Å². The predicted octanol–water partition coefficient (Wildman–Crippen LogP) is 5.40. The monoisotopic (exact) mass is 1040 g/mol. The molecule has 4 aromatic heterocycles. The number of hydrogen-bond donors (Lipinski definition) is 5. The van der Waals surface area contributed by atoms with Crippen molar-refractivity contribution in [3.8, 4) is 0 Å². The van der Waals surface area contributed by atoms with Crippen LogP contribution in [-0.2, 0) is 60.3 Å². The molecule has 0 unspecified atom stereocenters. The highest BCUT2D eigenvalue weighted by molar-refractivity contribution is 8.08. The Kier molecular flexibility index (Phi) is 29.1. The zero-order chi connectivity index (χ0) is 47.3. The summed E-state index contributed by atoms with van der Waals surface area (Å²) >= 11 is 10.8. The van der Waals surface area contributed by atoms with Crippen LogP contribution in [0.15, 0.2) is 25.3 Å². The van der Waals surface area contributed by atoms with Gasteiger partial charge in [0.1, 0.15) is 36.4 Å². The molecule has 4 heterocycles. The fraction of sp³-hybridized carbons (Fsp3) is 0.639. The first kappa shape index (κ1) is 61.5. The van der Waals surface area contributed by atoms with Gasteiger partial charge >= 0.3 is 17.9 Å².